The lowest BCUT2D eigenvalue weighted by atomic mass is 9.90. The summed E-state index contributed by atoms with van der Waals surface area (Å²) in [5.74, 6) is 1.94. The Labute approximate surface area is 115 Å². The number of rotatable bonds is 0. The molecule has 0 unspecified atom stereocenters. The number of Topliss-reactive ketones (excluding diaryl/α,β-unsaturated/α-hetero) is 1. The number of carbonyl (C=O) groups excluding carboxylic acids is 1. The molecule has 0 saturated heterocycles. The van der Waals surface area contributed by atoms with Gasteiger partial charge in [-0.1, -0.05) is 23.9 Å². The van der Waals surface area contributed by atoms with Crippen LogP contribution in [0, 0.1) is 0 Å². The molecule has 0 saturated carbocycles. The Hall–Kier alpha value is -1.74. The van der Waals surface area contributed by atoms with Gasteiger partial charge >= 0.3 is 0 Å². The van der Waals surface area contributed by atoms with Gasteiger partial charge in [-0.05, 0) is 42.7 Å². The average molecular weight is 268 g/mol. The Bertz CT molecular complexity index is 691. The predicted molar refractivity (Wildman–Crippen MR) is 74.3 cm³/mol. The van der Waals surface area contributed by atoms with Gasteiger partial charge < -0.3 is 4.74 Å². The highest BCUT2D eigenvalue weighted by Gasteiger charge is 2.24. The molecule has 2 aliphatic rings. The number of hydrogen-bond acceptors (Lipinski definition) is 3. The van der Waals surface area contributed by atoms with Gasteiger partial charge in [0.2, 0.25) is 0 Å². The molecule has 2 aromatic carbocycles. The zero-order chi connectivity index (χ0) is 12.8. The van der Waals surface area contributed by atoms with E-state index in [1.54, 1.807) is 11.8 Å². The van der Waals surface area contributed by atoms with Crippen LogP contribution in [0.15, 0.2) is 46.2 Å². The number of hydrogen-bond donors (Lipinski definition) is 0. The summed E-state index contributed by atoms with van der Waals surface area (Å²) in [6, 6.07) is 12.1. The van der Waals surface area contributed by atoms with E-state index in [-0.39, 0.29) is 5.78 Å². The van der Waals surface area contributed by atoms with Crippen LogP contribution in [0.4, 0.5) is 0 Å². The van der Waals surface area contributed by atoms with E-state index in [2.05, 4.69) is 12.1 Å². The molecule has 19 heavy (non-hydrogen) atoms. The summed E-state index contributed by atoms with van der Waals surface area (Å²) in [5, 5.41) is 0. The molecule has 1 heterocycles. The fourth-order valence-electron chi connectivity index (χ4n) is 2.66. The van der Waals surface area contributed by atoms with Crippen LogP contribution in [0.5, 0.6) is 11.5 Å². The van der Waals surface area contributed by atoms with Gasteiger partial charge in [0.25, 0.3) is 0 Å². The van der Waals surface area contributed by atoms with E-state index in [0.29, 0.717) is 6.42 Å². The second-order valence-electron chi connectivity index (χ2n) is 4.88. The molecule has 94 valence electrons. The smallest absolute Gasteiger partial charge is 0.163 e. The van der Waals surface area contributed by atoms with Crippen LogP contribution in [0.1, 0.15) is 28.8 Å². The van der Waals surface area contributed by atoms with Crippen molar-refractivity contribution in [3.8, 4) is 11.5 Å². The van der Waals surface area contributed by atoms with Gasteiger partial charge in [0, 0.05) is 12.0 Å². The molecular formula is C16H12O2S. The normalized spacial score (nSPS) is 16.1. The molecule has 0 spiro atoms. The first kappa shape index (κ1) is 11.1. The van der Waals surface area contributed by atoms with Gasteiger partial charge in [0.05, 0.1) is 9.79 Å². The first-order valence-electron chi connectivity index (χ1n) is 6.46. The second-order valence-corrected chi connectivity index (χ2v) is 5.97. The zero-order valence-corrected chi connectivity index (χ0v) is 11.1. The van der Waals surface area contributed by atoms with Crippen LogP contribution in [0.3, 0.4) is 0 Å². The van der Waals surface area contributed by atoms with Crippen LogP contribution >= 0.6 is 11.8 Å². The van der Waals surface area contributed by atoms with Crippen LogP contribution in [-0.4, -0.2) is 5.78 Å². The molecule has 0 atom stereocenters. The van der Waals surface area contributed by atoms with Crippen LogP contribution in [0.25, 0.3) is 0 Å². The highest BCUT2D eigenvalue weighted by Crippen LogP contribution is 2.48. The summed E-state index contributed by atoms with van der Waals surface area (Å²) in [6.07, 6.45) is 2.62. The number of benzene rings is 2. The van der Waals surface area contributed by atoms with E-state index in [1.165, 1.54) is 5.56 Å². The van der Waals surface area contributed by atoms with Crippen LogP contribution < -0.4 is 4.74 Å². The fraction of sp³-hybridized carbons (Fsp3) is 0.188. The molecule has 1 aliphatic carbocycles. The van der Waals surface area contributed by atoms with Crippen molar-refractivity contribution in [2.24, 2.45) is 0 Å². The van der Waals surface area contributed by atoms with Crippen molar-refractivity contribution in [3.05, 3.63) is 47.5 Å². The summed E-state index contributed by atoms with van der Waals surface area (Å²) < 4.78 is 5.92. The molecule has 0 amide bonds. The summed E-state index contributed by atoms with van der Waals surface area (Å²) in [6.45, 7) is 0. The molecule has 2 aromatic rings. The molecule has 1 aliphatic heterocycles. The van der Waals surface area contributed by atoms with Crippen molar-refractivity contribution >= 4 is 17.5 Å². The maximum Gasteiger partial charge on any atom is 0.163 e. The molecule has 0 N–H and O–H groups in total. The summed E-state index contributed by atoms with van der Waals surface area (Å²) in [4.78, 5) is 14.2. The third kappa shape index (κ3) is 1.77. The Morgan fingerprint density at radius 2 is 1.89 bits per heavy atom. The van der Waals surface area contributed by atoms with E-state index in [1.807, 2.05) is 24.3 Å². The van der Waals surface area contributed by atoms with E-state index in [4.69, 9.17) is 4.74 Å². The molecule has 0 bridgehead atoms. The van der Waals surface area contributed by atoms with Crippen molar-refractivity contribution in [3.63, 3.8) is 0 Å². The number of ether oxygens (including phenoxy) is 1. The largest absolute Gasteiger partial charge is 0.455 e. The average Bonchev–Trinajstić information content (AvgIpc) is 2.44. The fourth-order valence-corrected chi connectivity index (χ4v) is 3.65. The lowest BCUT2D eigenvalue weighted by Crippen LogP contribution is -2.11. The number of fused-ring (bicyclic) bond motifs is 3. The summed E-state index contributed by atoms with van der Waals surface area (Å²) >= 11 is 1.72. The summed E-state index contributed by atoms with van der Waals surface area (Å²) in [5.41, 5.74) is 2.02. The highest BCUT2D eigenvalue weighted by molar-refractivity contribution is 7.99. The molecule has 2 nitrogen and oxygen atoms in total. The SMILES string of the molecule is O=C1CCCc2cc3c(cc21)Oc1ccccc1S3. The van der Waals surface area contributed by atoms with Crippen molar-refractivity contribution in [1.29, 1.82) is 0 Å². The summed E-state index contributed by atoms with van der Waals surface area (Å²) in [7, 11) is 0. The van der Waals surface area contributed by atoms with E-state index in [9.17, 15) is 4.79 Å². The van der Waals surface area contributed by atoms with Gasteiger partial charge in [-0.25, -0.2) is 0 Å². The third-order valence-electron chi connectivity index (χ3n) is 3.61. The van der Waals surface area contributed by atoms with Gasteiger partial charge in [-0.2, -0.15) is 0 Å². The number of para-hydroxylation sites is 1. The Balaban J connectivity index is 1.84. The Morgan fingerprint density at radius 1 is 1.00 bits per heavy atom. The van der Waals surface area contributed by atoms with E-state index >= 15 is 0 Å². The molecule has 0 radical (unpaired) electrons. The first-order chi connectivity index (χ1) is 9.31. The molecular weight excluding hydrogens is 256 g/mol. The van der Waals surface area contributed by atoms with Gasteiger partial charge in [-0.15, -0.1) is 0 Å². The molecule has 3 heteroatoms. The van der Waals surface area contributed by atoms with E-state index < -0.39 is 0 Å². The number of ketones is 1. The van der Waals surface area contributed by atoms with E-state index in [0.717, 1.165) is 39.7 Å². The maximum atomic E-state index is 12.0. The van der Waals surface area contributed by atoms with Gasteiger partial charge in [0.15, 0.2) is 5.78 Å². The Kier molecular flexibility index (Phi) is 2.42. The first-order valence-corrected chi connectivity index (χ1v) is 7.28. The minimum atomic E-state index is 0.247. The molecule has 0 fully saturated rings. The number of carbonyl (C=O) groups is 1. The quantitative estimate of drug-likeness (QED) is 0.602. The lowest BCUT2D eigenvalue weighted by molar-refractivity contribution is 0.0972. The van der Waals surface area contributed by atoms with Crippen molar-refractivity contribution < 1.29 is 9.53 Å². The van der Waals surface area contributed by atoms with Gasteiger partial charge in [-0.3, -0.25) is 4.79 Å². The maximum absolute atomic E-state index is 12.0. The van der Waals surface area contributed by atoms with Gasteiger partial charge in [0.1, 0.15) is 11.5 Å². The number of aryl methyl sites for hydroxylation is 1. The lowest BCUT2D eigenvalue weighted by Gasteiger charge is -2.23. The predicted octanol–water partition coefficient (Wildman–Crippen LogP) is 4.46. The highest BCUT2D eigenvalue weighted by atomic mass is 32.2. The van der Waals surface area contributed by atoms with Crippen molar-refractivity contribution in [1.82, 2.24) is 0 Å². The topological polar surface area (TPSA) is 26.3 Å². The standard InChI is InChI=1S/C16H12O2S/c17-12-5-3-4-10-8-16-14(9-11(10)12)18-13-6-1-2-7-15(13)19-16/h1-2,6-9H,3-5H2. The minimum absolute atomic E-state index is 0.247. The third-order valence-corrected chi connectivity index (χ3v) is 4.71. The van der Waals surface area contributed by atoms with Crippen molar-refractivity contribution in [2.45, 2.75) is 29.1 Å². The molecule has 0 aromatic heterocycles. The monoisotopic (exact) mass is 268 g/mol. The second kappa shape index (κ2) is 4.14. The Morgan fingerprint density at radius 3 is 2.84 bits per heavy atom. The zero-order valence-electron chi connectivity index (χ0n) is 10.3. The van der Waals surface area contributed by atoms with Crippen molar-refractivity contribution in [2.75, 3.05) is 0 Å². The van der Waals surface area contributed by atoms with Crippen LogP contribution in [-0.2, 0) is 6.42 Å². The minimum Gasteiger partial charge on any atom is -0.455 e. The molecule has 4 rings (SSSR count). The van der Waals surface area contributed by atoms with Crippen LogP contribution in [0.2, 0.25) is 0 Å².